The van der Waals surface area contributed by atoms with Gasteiger partial charge in [-0.2, -0.15) is 9.30 Å². The van der Waals surface area contributed by atoms with Crippen LogP contribution in [0.1, 0.15) is 24.2 Å². The molecule has 2 heterocycles. The molecule has 0 atom stereocenters. The number of nitrogens with zero attached hydrogens (tertiary/aromatic N) is 4. The van der Waals surface area contributed by atoms with Gasteiger partial charge in [0.1, 0.15) is 11.3 Å². The Morgan fingerprint density at radius 2 is 1.76 bits per heavy atom. The predicted molar refractivity (Wildman–Crippen MR) is 144 cm³/mol. The Labute approximate surface area is 225 Å². The largest absolute Gasteiger partial charge is 0.492 e. The molecule has 0 N–H and O–H groups in total. The molecular weight excluding hydrogens is 528 g/mol. The van der Waals surface area contributed by atoms with E-state index in [-0.39, 0.29) is 49.8 Å². The minimum Gasteiger partial charge on any atom is -0.492 e. The van der Waals surface area contributed by atoms with E-state index in [2.05, 4.69) is 10.9 Å². The van der Waals surface area contributed by atoms with Crippen LogP contribution in [0.2, 0.25) is 0 Å². The Bertz CT molecular complexity index is 1540. The highest BCUT2D eigenvalue weighted by Crippen LogP contribution is 2.27. The third kappa shape index (κ3) is 5.60. The van der Waals surface area contributed by atoms with Crippen molar-refractivity contribution in [3.63, 3.8) is 0 Å². The van der Waals surface area contributed by atoms with Gasteiger partial charge in [-0.25, -0.2) is 13.2 Å². The lowest BCUT2D eigenvalue weighted by atomic mass is 10.2. The summed E-state index contributed by atoms with van der Waals surface area (Å²) in [6.45, 7) is 5.34. The first-order valence-corrected chi connectivity index (χ1v) is 14.3. The van der Waals surface area contributed by atoms with Crippen molar-refractivity contribution in [2.24, 2.45) is 4.99 Å². The van der Waals surface area contributed by atoms with E-state index in [0.29, 0.717) is 17.2 Å². The van der Waals surface area contributed by atoms with Gasteiger partial charge in [0.2, 0.25) is 10.0 Å². The van der Waals surface area contributed by atoms with Crippen molar-refractivity contribution >= 4 is 43.6 Å². The summed E-state index contributed by atoms with van der Waals surface area (Å²) in [5.41, 5.74) is 1.01. The van der Waals surface area contributed by atoms with Gasteiger partial charge in [-0.15, -0.1) is 6.42 Å². The number of piperazine rings is 1. The molecule has 0 bridgehead atoms. The van der Waals surface area contributed by atoms with Crippen molar-refractivity contribution in [1.82, 2.24) is 13.8 Å². The molecular formula is C26H28N4O6S2. The summed E-state index contributed by atoms with van der Waals surface area (Å²) in [5.74, 6) is 2.73. The van der Waals surface area contributed by atoms with E-state index in [4.69, 9.17) is 15.9 Å². The van der Waals surface area contributed by atoms with Crippen LogP contribution >= 0.6 is 11.3 Å². The SMILES string of the molecule is C#CCn1c(=NC(=O)c2ccc(S(=O)(=O)N3CCN(C(=O)OCC)CC3)cc2)sc2cccc(OCC)c21. The molecule has 1 aliphatic rings. The number of hydrogen-bond acceptors (Lipinski definition) is 7. The fourth-order valence-electron chi connectivity index (χ4n) is 4.09. The van der Waals surface area contributed by atoms with Crippen LogP contribution in [-0.4, -0.2) is 73.6 Å². The molecule has 3 aromatic rings. The van der Waals surface area contributed by atoms with Crippen LogP contribution in [0.25, 0.3) is 10.2 Å². The Morgan fingerprint density at radius 3 is 2.39 bits per heavy atom. The third-order valence-electron chi connectivity index (χ3n) is 5.91. The average molecular weight is 557 g/mol. The number of aromatic nitrogens is 1. The molecule has 200 valence electrons. The van der Waals surface area contributed by atoms with Gasteiger partial charge in [-0.1, -0.05) is 23.3 Å². The van der Waals surface area contributed by atoms with Crippen LogP contribution < -0.4 is 9.54 Å². The first-order chi connectivity index (χ1) is 18.3. The number of hydrogen-bond donors (Lipinski definition) is 0. The molecule has 2 aromatic carbocycles. The Hall–Kier alpha value is -3.66. The topological polar surface area (TPSA) is 111 Å². The zero-order valence-electron chi connectivity index (χ0n) is 21.1. The summed E-state index contributed by atoms with van der Waals surface area (Å²) in [6.07, 6.45) is 5.13. The minimum absolute atomic E-state index is 0.0595. The summed E-state index contributed by atoms with van der Waals surface area (Å²) >= 11 is 1.32. The quantitative estimate of drug-likeness (QED) is 0.414. The second-order valence-electron chi connectivity index (χ2n) is 8.24. The second kappa shape index (κ2) is 11.8. The van der Waals surface area contributed by atoms with Crippen LogP contribution in [0.5, 0.6) is 5.75 Å². The van der Waals surface area contributed by atoms with E-state index in [1.54, 1.807) is 11.5 Å². The van der Waals surface area contributed by atoms with E-state index < -0.39 is 22.0 Å². The molecule has 4 rings (SSSR count). The number of rotatable bonds is 7. The highest BCUT2D eigenvalue weighted by molar-refractivity contribution is 7.89. The van der Waals surface area contributed by atoms with Crippen LogP contribution in [0.4, 0.5) is 4.79 Å². The van der Waals surface area contributed by atoms with E-state index in [9.17, 15) is 18.0 Å². The van der Waals surface area contributed by atoms with E-state index >= 15 is 0 Å². The predicted octanol–water partition coefficient (Wildman–Crippen LogP) is 2.94. The first kappa shape index (κ1) is 27.4. The van der Waals surface area contributed by atoms with Gasteiger partial charge in [0, 0.05) is 31.7 Å². The van der Waals surface area contributed by atoms with Crippen molar-refractivity contribution in [3.05, 3.63) is 52.8 Å². The Balaban J connectivity index is 1.56. The summed E-state index contributed by atoms with van der Waals surface area (Å²) in [5, 5.41) is 0. The maximum absolute atomic E-state index is 13.1. The lowest BCUT2D eigenvalue weighted by Gasteiger charge is -2.33. The zero-order valence-corrected chi connectivity index (χ0v) is 22.8. The number of terminal acetylenes is 1. The van der Waals surface area contributed by atoms with Gasteiger partial charge in [-0.05, 0) is 50.2 Å². The van der Waals surface area contributed by atoms with E-state index in [1.807, 2.05) is 25.1 Å². The van der Waals surface area contributed by atoms with Gasteiger partial charge < -0.3 is 18.9 Å². The van der Waals surface area contributed by atoms with Crippen molar-refractivity contribution < 1.29 is 27.5 Å². The van der Waals surface area contributed by atoms with Gasteiger partial charge in [0.25, 0.3) is 5.91 Å². The number of fused-ring (bicyclic) bond motifs is 1. The van der Waals surface area contributed by atoms with Gasteiger partial charge in [0.15, 0.2) is 4.80 Å². The molecule has 1 aliphatic heterocycles. The summed E-state index contributed by atoms with van der Waals surface area (Å²) in [6, 6.07) is 11.3. The molecule has 38 heavy (non-hydrogen) atoms. The van der Waals surface area contributed by atoms with E-state index in [0.717, 1.165) is 10.2 Å². The monoisotopic (exact) mass is 556 g/mol. The molecule has 1 saturated heterocycles. The molecule has 0 unspecified atom stereocenters. The lowest BCUT2D eigenvalue weighted by Crippen LogP contribution is -2.50. The smallest absolute Gasteiger partial charge is 0.409 e. The molecule has 0 radical (unpaired) electrons. The third-order valence-corrected chi connectivity index (χ3v) is 8.87. The normalized spacial score (nSPS) is 14.9. The number of thiazole rings is 1. The molecule has 1 fully saturated rings. The van der Waals surface area contributed by atoms with Gasteiger partial charge in [-0.3, -0.25) is 4.79 Å². The highest BCUT2D eigenvalue weighted by atomic mass is 32.2. The molecule has 0 saturated carbocycles. The van der Waals surface area contributed by atoms with Crippen molar-refractivity contribution in [2.45, 2.75) is 25.3 Å². The fourth-order valence-corrected chi connectivity index (χ4v) is 6.56. The number of sulfonamides is 1. The molecule has 1 aromatic heterocycles. The van der Waals surface area contributed by atoms with Crippen LogP contribution in [-0.2, 0) is 21.3 Å². The Kier molecular flexibility index (Phi) is 8.51. The molecule has 12 heteroatoms. The van der Waals surface area contributed by atoms with Crippen LogP contribution in [0.15, 0.2) is 52.4 Å². The number of carbonyl (C=O) groups is 2. The lowest BCUT2D eigenvalue weighted by molar-refractivity contribution is 0.0933. The molecule has 0 spiro atoms. The number of amides is 2. The average Bonchev–Trinajstić information content (AvgIpc) is 3.27. The molecule has 2 amide bonds. The Morgan fingerprint density at radius 1 is 1.05 bits per heavy atom. The molecule has 0 aliphatic carbocycles. The second-order valence-corrected chi connectivity index (χ2v) is 11.2. The number of carbonyl (C=O) groups excluding carboxylic acids is 2. The number of ether oxygens (including phenoxy) is 2. The van der Waals surface area contributed by atoms with Crippen LogP contribution in [0, 0.1) is 12.3 Å². The maximum atomic E-state index is 13.1. The number of benzene rings is 2. The summed E-state index contributed by atoms with van der Waals surface area (Å²) in [7, 11) is -3.79. The van der Waals surface area contributed by atoms with Gasteiger partial charge in [0.05, 0.1) is 29.4 Å². The van der Waals surface area contributed by atoms with Gasteiger partial charge >= 0.3 is 6.09 Å². The minimum atomic E-state index is -3.79. The zero-order chi connectivity index (χ0) is 27.3. The van der Waals surface area contributed by atoms with Crippen molar-refractivity contribution in [3.8, 4) is 18.1 Å². The number of para-hydroxylation sites is 1. The maximum Gasteiger partial charge on any atom is 0.409 e. The standard InChI is InChI=1S/C26H28N4O6S2/c1-4-14-30-23-21(35-5-2)8-7-9-22(23)37-25(30)27-24(31)19-10-12-20(13-11-19)38(33,34)29-17-15-28(16-18-29)26(32)36-6-3/h1,7-13H,5-6,14-18H2,2-3H3. The van der Waals surface area contributed by atoms with E-state index in [1.165, 1.54) is 44.8 Å². The summed E-state index contributed by atoms with van der Waals surface area (Å²) in [4.78, 5) is 31.2. The van der Waals surface area contributed by atoms with Crippen molar-refractivity contribution in [2.75, 3.05) is 39.4 Å². The van der Waals surface area contributed by atoms with Crippen LogP contribution in [0.3, 0.4) is 0 Å². The van der Waals surface area contributed by atoms with Crippen molar-refractivity contribution in [1.29, 1.82) is 0 Å². The molecule has 10 nitrogen and oxygen atoms in total. The fraction of sp³-hybridized carbons (Fsp3) is 0.346. The highest BCUT2D eigenvalue weighted by Gasteiger charge is 2.30. The summed E-state index contributed by atoms with van der Waals surface area (Å²) < 4.78 is 40.9. The first-order valence-electron chi connectivity index (χ1n) is 12.1.